The zero-order valence-corrected chi connectivity index (χ0v) is 20.0. The summed E-state index contributed by atoms with van der Waals surface area (Å²) in [6.07, 6.45) is 2.23. The fraction of sp³-hybridized carbons (Fsp3) is 0.429. The van der Waals surface area contributed by atoms with Crippen molar-refractivity contribution in [3.63, 3.8) is 0 Å². The first kappa shape index (κ1) is 25.9. The SMILES string of the molecule is CNc1c(N)ncc(Oc2ccnc(NC(=O)CN(CCOC)C(=O)OC(C)(C)C)c2)c1Cl. The van der Waals surface area contributed by atoms with Gasteiger partial charge in [-0.1, -0.05) is 11.6 Å². The summed E-state index contributed by atoms with van der Waals surface area (Å²) < 4.78 is 16.1. The van der Waals surface area contributed by atoms with E-state index < -0.39 is 17.6 Å². The Morgan fingerprint density at radius 1 is 1.27 bits per heavy atom. The Hall–Kier alpha value is -3.31. The molecule has 2 aromatic rings. The molecule has 0 spiro atoms. The maximum Gasteiger partial charge on any atom is 0.410 e. The number of hydrogen-bond donors (Lipinski definition) is 3. The number of hydrogen-bond acceptors (Lipinski definition) is 9. The number of anilines is 3. The Balaban J connectivity index is 2.09. The lowest BCUT2D eigenvalue weighted by Gasteiger charge is -2.26. The average molecular weight is 481 g/mol. The number of aromatic nitrogens is 2. The highest BCUT2D eigenvalue weighted by molar-refractivity contribution is 6.35. The maximum atomic E-state index is 12.6. The van der Waals surface area contributed by atoms with Crippen LogP contribution < -0.4 is 21.1 Å². The Morgan fingerprint density at radius 3 is 2.64 bits per heavy atom. The van der Waals surface area contributed by atoms with Crippen LogP contribution in [0.3, 0.4) is 0 Å². The van der Waals surface area contributed by atoms with Crippen molar-refractivity contribution in [1.29, 1.82) is 0 Å². The second-order valence-corrected chi connectivity index (χ2v) is 8.25. The number of nitrogens with one attached hydrogen (secondary N) is 2. The van der Waals surface area contributed by atoms with Crippen LogP contribution in [0.5, 0.6) is 11.5 Å². The van der Waals surface area contributed by atoms with E-state index in [1.807, 2.05) is 0 Å². The summed E-state index contributed by atoms with van der Waals surface area (Å²) in [6, 6.07) is 3.10. The highest BCUT2D eigenvalue weighted by Gasteiger charge is 2.24. The van der Waals surface area contributed by atoms with Crippen LogP contribution in [0.25, 0.3) is 0 Å². The molecular weight excluding hydrogens is 452 g/mol. The highest BCUT2D eigenvalue weighted by Crippen LogP contribution is 2.37. The van der Waals surface area contributed by atoms with Crippen LogP contribution >= 0.6 is 11.6 Å². The number of nitrogens with zero attached hydrogens (tertiary/aromatic N) is 3. The number of rotatable bonds is 9. The van der Waals surface area contributed by atoms with Crippen molar-refractivity contribution in [3.05, 3.63) is 29.5 Å². The van der Waals surface area contributed by atoms with Crippen LogP contribution in [-0.4, -0.2) is 66.3 Å². The third-order valence-electron chi connectivity index (χ3n) is 4.04. The third kappa shape index (κ3) is 7.95. The molecule has 2 aromatic heterocycles. The van der Waals surface area contributed by atoms with Crippen LogP contribution in [0, 0.1) is 0 Å². The summed E-state index contributed by atoms with van der Waals surface area (Å²) >= 11 is 6.31. The molecule has 2 rings (SSSR count). The molecule has 2 heterocycles. The van der Waals surface area contributed by atoms with Gasteiger partial charge in [0.05, 0.1) is 18.5 Å². The first-order chi connectivity index (χ1) is 15.5. The third-order valence-corrected chi connectivity index (χ3v) is 4.42. The van der Waals surface area contributed by atoms with Gasteiger partial charge in [0.25, 0.3) is 0 Å². The number of nitrogen functional groups attached to an aromatic ring is 1. The van der Waals surface area contributed by atoms with Crippen molar-refractivity contribution in [2.24, 2.45) is 0 Å². The molecule has 0 atom stereocenters. The van der Waals surface area contributed by atoms with Crippen LogP contribution in [0.15, 0.2) is 24.5 Å². The van der Waals surface area contributed by atoms with E-state index in [1.54, 1.807) is 33.9 Å². The molecule has 0 fully saturated rings. The van der Waals surface area contributed by atoms with E-state index in [0.717, 1.165) is 0 Å². The minimum Gasteiger partial charge on any atom is -0.454 e. The number of carbonyl (C=O) groups excluding carboxylic acids is 2. The molecule has 0 aliphatic rings. The largest absolute Gasteiger partial charge is 0.454 e. The Bertz CT molecular complexity index is 982. The molecule has 180 valence electrons. The van der Waals surface area contributed by atoms with Crippen molar-refractivity contribution in [1.82, 2.24) is 14.9 Å². The fourth-order valence-corrected chi connectivity index (χ4v) is 2.86. The molecule has 12 heteroatoms. The average Bonchev–Trinajstić information content (AvgIpc) is 2.72. The molecule has 0 aromatic carbocycles. The summed E-state index contributed by atoms with van der Waals surface area (Å²) in [7, 11) is 3.17. The molecule has 0 saturated carbocycles. The van der Waals surface area contributed by atoms with Gasteiger partial charge in [-0.15, -0.1) is 0 Å². The second-order valence-electron chi connectivity index (χ2n) is 7.87. The lowest BCUT2D eigenvalue weighted by Crippen LogP contribution is -2.42. The quantitative estimate of drug-likeness (QED) is 0.492. The number of halogens is 1. The molecule has 0 aliphatic heterocycles. The van der Waals surface area contributed by atoms with Gasteiger partial charge in [-0.3, -0.25) is 9.69 Å². The number of nitrogens with two attached hydrogens (primary N) is 1. The van der Waals surface area contributed by atoms with Crippen LogP contribution in [0.2, 0.25) is 5.02 Å². The molecule has 11 nitrogen and oxygen atoms in total. The minimum atomic E-state index is -0.697. The van der Waals surface area contributed by atoms with Gasteiger partial charge in [0.15, 0.2) is 5.75 Å². The minimum absolute atomic E-state index is 0.186. The number of ether oxygens (including phenoxy) is 3. The molecule has 2 amide bonds. The van der Waals surface area contributed by atoms with Gasteiger partial charge >= 0.3 is 6.09 Å². The first-order valence-electron chi connectivity index (χ1n) is 10.1. The zero-order chi connectivity index (χ0) is 24.6. The molecule has 0 unspecified atom stereocenters. The molecule has 4 N–H and O–H groups in total. The molecule has 0 radical (unpaired) electrons. The number of pyridine rings is 2. The Labute approximate surface area is 197 Å². The van der Waals surface area contributed by atoms with E-state index in [9.17, 15) is 9.59 Å². The maximum absolute atomic E-state index is 12.6. The Morgan fingerprint density at radius 2 is 2.00 bits per heavy atom. The predicted octanol–water partition coefficient (Wildman–Crippen LogP) is 3.37. The van der Waals surface area contributed by atoms with E-state index in [2.05, 4.69) is 20.6 Å². The summed E-state index contributed by atoms with van der Waals surface area (Å²) in [5.74, 6) is 0.627. The smallest absolute Gasteiger partial charge is 0.410 e. The number of amides is 2. The van der Waals surface area contributed by atoms with Gasteiger partial charge in [0.2, 0.25) is 5.91 Å². The van der Waals surface area contributed by atoms with Gasteiger partial charge in [0.1, 0.15) is 34.6 Å². The zero-order valence-electron chi connectivity index (χ0n) is 19.3. The van der Waals surface area contributed by atoms with E-state index >= 15 is 0 Å². The van der Waals surface area contributed by atoms with Crippen molar-refractivity contribution in [2.75, 3.05) is 50.2 Å². The first-order valence-corrected chi connectivity index (χ1v) is 10.4. The van der Waals surface area contributed by atoms with Crippen LogP contribution in [0.4, 0.5) is 22.1 Å². The van der Waals surface area contributed by atoms with Crippen LogP contribution in [-0.2, 0) is 14.3 Å². The van der Waals surface area contributed by atoms with Gasteiger partial charge in [0, 0.05) is 33.0 Å². The summed E-state index contributed by atoms with van der Waals surface area (Å²) in [6.45, 7) is 5.43. The normalized spacial score (nSPS) is 11.0. The van der Waals surface area contributed by atoms with E-state index in [1.165, 1.54) is 30.5 Å². The van der Waals surface area contributed by atoms with Crippen LogP contribution in [0.1, 0.15) is 20.8 Å². The van der Waals surface area contributed by atoms with E-state index in [0.29, 0.717) is 11.4 Å². The lowest BCUT2D eigenvalue weighted by atomic mass is 10.2. The second kappa shape index (κ2) is 11.5. The van der Waals surface area contributed by atoms with Gasteiger partial charge < -0.3 is 30.6 Å². The predicted molar refractivity (Wildman–Crippen MR) is 126 cm³/mol. The molecule has 0 saturated heterocycles. The summed E-state index contributed by atoms with van der Waals surface area (Å²) in [4.78, 5) is 34.4. The number of methoxy groups -OCH3 is 1. The summed E-state index contributed by atoms with van der Waals surface area (Å²) in [5, 5.41) is 5.76. The number of carbonyl (C=O) groups is 2. The molecule has 0 aliphatic carbocycles. The van der Waals surface area contributed by atoms with Crippen molar-refractivity contribution in [2.45, 2.75) is 26.4 Å². The van der Waals surface area contributed by atoms with E-state index in [-0.39, 0.29) is 42.1 Å². The van der Waals surface area contributed by atoms with Crippen molar-refractivity contribution < 1.29 is 23.8 Å². The highest BCUT2D eigenvalue weighted by atomic mass is 35.5. The topological polar surface area (TPSA) is 141 Å². The fourth-order valence-electron chi connectivity index (χ4n) is 2.58. The molecular formula is C21H29ClN6O5. The van der Waals surface area contributed by atoms with Gasteiger partial charge in [-0.2, -0.15) is 0 Å². The van der Waals surface area contributed by atoms with Crippen molar-refractivity contribution >= 4 is 40.9 Å². The Kier molecular flexibility index (Phi) is 9.06. The summed E-state index contributed by atoms with van der Waals surface area (Å²) in [5.41, 5.74) is 5.53. The molecule has 33 heavy (non-hydrogen) atoms. The monoisotopic (exact) mass is 480 g/mol. The lowest BCUT2D eigenvalue weighted by molar-refractivity contribution is -0.117. The standard InChI is InChI=1S/C21H29ClN6O5/c1-21(2,3)33-20(30)28(8-9-31-5)12-16(29)27-15-10-13(6-7-25-15)32-14-11-26-19(23)18(24-4)17(14)22/h6-7,10-11,24H,8-9,12H2,1-5H3,(H2,23,26)(H,25,27,29). The molecule has 0 bridgehead atoms. The van der Waals surface area contributed by atoms with Gasteiger partial charge in [-0.25, -0.2) is 14.8 Å². The van der Waals surface area contributed by atoms with Gasteiger partial charge in [-0.05, 0) is 26.8 Å². The van der Waals surface area contributed by atoms with E-state index in [4.69, 9.17) is 31.5 Å². The van der Waals surface area contributed by atoms with Crippen molar-refractivity contribution in [3.8, 4) is 11.5 Å².